The molecule has 7 heteroatoms. The summed E-state index contributed by atoms with van der Waals surface area (Å²) in [5.74, 6) is -0.281. The van der Waals surface area contributed by atoms with Crippen LogP contribution in [0.2, 0.25) is 0 Å². The van der Waals surface area contributed by atoms with Crippen LogP contribution < -0.4 is 4.90 Å². The van der Waals surface area contributed by atoms with Crippen LogP contribution in [-0.4, -0.2) is 30.2 Å². The highest BCUT2D eigenvalue weighted by Crippen LogP contribution is 2.65. The Labute approximate surface area is 198 Å². The van der Waals surface area contributed by atoms with E-state index in [1.807, 2.05) is 0 Å². The van der Waals surface area contributed by atoms with Gasteiger partial charge in [-0.15, -0.1) is 0 Å². The summed E-state index contributed by atoms with van der Waals surface area (Å²) < 4.78 is 6.01. The molecule has 2 aromatic rings. The molecule has 6 nitrogen and oxygen atoms in total. The third-order valence-electron chi connectivity index (χ3n) is 7.52. The number of allylic oxidation sites excluding steroid dienone is 2. The molecule has 2 aromatic carbocycles. The fraction of sp³-hybridized carbons (Fsp3) is 0.308. The highest BCUT2D eigenvalue weighted by Gasteiger charge is 2.67. The maximum absolute atomic E-state index is 13.2. The molecule has 33 heavy (non-hydrogen) atoms. The molecule has 3 fully saturated rings. The van der Waals surface area contributed by atoms with Crippen molar-refractivity contribution in [1.82, 2.24) is 0 Å². The van der Waals surface area contributed by atoms with Gasteiger partial charge < -0.3 is 4.74 Å². The average Bonchev–Trinajstić information content (AvgIpc) is 3.61. The Kier molecular flexibility index (Phi) is 4.66. The molecule has 166 valence electrons. The SMILES string of the molecule is O=C(COC(=O)c1ccc(N2C(=O)[C@@H]3[C@H]4C=C[C@@H]([C@@H]5C[C@@H]45)[C@@H]3C2=O)cc1)c1ccc(Br)cc1. The zero-order valence-corrected chi connectivity index (χ0v) is 19.1. The zero-order valence-electron chi connectivity index (χ0n) is 17.5. The lowest BCUT2D eigenvalue weighted by Gasteiger charge is -2.37. The summed E-state index contributed by atoms with van der Waals surface area (Å²) in [5, 5.41) is 0. The number of amides is 2. The zero-order chi connectivity index (χ0) is 22.9. The van der Waals surface area contributed by atoms with E-state index in [0.717, 1.165) is 10.9 Å². The average molecular weight is 506 g/mol. The van der Waals surface area contributed by atoms with Crippen molar-refractivity contribution in [2.75, 3.05) is 11.5 Å². The van der Waals surface area contributed by atoms with Crippen LogP contribution in [0.3, 0.4) is 0 Å². The molecule has 7 rings (SSSR count). The third-order valence-corrected chi connectivity index (χ3v) is 8.05. The molecule has 0 N–H and O–H groups in total. The lowest BCUT2D eigenvalue weighted by atomic mass is 9.63. The Morgan fingerprint density at radius 2 is 1.39 bits per heavy atom. The fourth-order valence-corrected chi connectivity index (χ4v) is 6.16. The number of hydrogen-bond acceptors (Lipinski definition) is 5. The standard InChI is InChI=1S/C26H20BrNO5/c27-15-5-1-13(2-6-15)21(29)12-33-26(32)14-3-7-16(8-4-14)28-24(30)22-17-9-10-18(20-11-19(17)20)23(22)25(28)31/h1-10,17-20,22-23H,11-12H2/t17-,18-,19-,20-,22-,23+/m0/s1. The van der Waals surface area contributed by atoms with Crippen LogP contribution in [0.4, 0.5) is 5.69 Å². The number of benzene rings is 2. The van der Waals surface area contributed by atoms with Gasteiger partial charge in [-0.3, -0.25) is 19.3 Å². The summed E-state index contributed by atoms with van der Waals surface area (Å²) in [5.41, 5.74) is 1.17. The maximum atomic E-state index is 13.2. The van der Waals surface area contributed by atoms with Gasteiger partial charge in [-0.25, -0.2) is 4.79 Å². The van der Waals surface area contributed by atoms with Crippen LogP contribution >= 0.6 is 15.9 Å². The Balaban J connectivity index is 1.14. The second-order valence-electron chi connectivity index (χ2n) is 9.22. The van der Waals surface area contributed by atoms with E-state index in [9.17, 15) is 19.2 Å². The molecule has 5 aliphatic rings. The molecule has 1 saturated heterocycles. The molecule has 4 aliphatic carbocycles. The van der Waals surface area contributed by atoms with E-state index in [0.29, 0.717) is 23.1 Å². The highest BCUT2D eigenvalue weighted by molar-refractivity contribution is 9.10. The smallest absolute Gasteiger partial charge is 0.338 e. The number of nitrogens with zero attached hydrogens (tertiary/aromatic N) is 1. The number of imide groups is 1. The first-order chi connectivity index (χ1) is 15.9. The van der Waals surface area contributed by atoms with Crippen molar-refractivity contribution >= 4 is 45.2 Å². The predicted molar refractivity (Wildman–Crippen MR) is 122 cm³/mol. The van der Waals surface area contributed by atoms with E-state index in [1.165, 1.54) is 17.0 Å². The Morgan fingerprint density at radius 1 is 0.848 bits per heavy atom. The van der Waals surface area contributed by atoms with Crippen molar-refractivity contribution in [3.05, 3.63) is 76.3 Å². The van der Waals surface area contributed by atoms with Gasteiger partial charge in [-0.1, -0.05) is 40.2 Å². The first-order valence-electron chi connectivity index (χ1n) is 11.1. The minimum atomic E-state index is -0.637. The van der Waals surface area contributed by atoms with Crippen molar-refractivity contribution in [2.24, 2.45) is 35.5 Å². The van der Waals surface area contributed by atoms with Gasteiger partial charge in [-0.05, 0) is 66.5 Å². The molecule has 2 amide bonds. The minimum Gasteiger partial charge on any atom is -0.454 e. The Bertz CT molecular complexity index is 1180. The van der Waals surface area contributed by atoms with E-state index >= 15 is 0 Å². The normalized spacial score (nSPS) is 30.8. The number of rotatable bonds is 5. The van der Waals surface area contributed by atoms with Gasteiger partial charge in [0.05, 0.1) is 23.1 Å². The second-order valence-corrected chi connectivity index (χ2v) is 10.1. The van der Waals surface area contributed by atoms with Crippen LogP contribution in [-0.2, 0) is 14.3 Å². The predicted octanol–water partition coefficient (Wildman–Crippen LogP) is 4.05. The van der Waals surface area contributed by atoms with Crippen molar-refractivity contribution in [3.63, 3.8) is 0 Å². The van der Waals surface area contributed by atoms with Crippen molar-refractivity contribution in [2.45, 2.75) is 6.42 Å². The molecule has 0 aromatic heterocycles. The van der Waals surface area contributed by atoms with Crippen molar-refractivity contribution in [1.29, 1.82) is 0 Å². The van der Waals surface area contributed by atoms with Crippen LogP contribution in [0, 0.1) is 35.5 Å². The third kappa shape index (κ3) is 3.21. The highest BCUT2D eigenvalue weighted by atomic mass is 79.9. The van der Waals surface area contributed by atoms with Gasteiger partial charge in [0.2, 0.25) is 11.8 Å². The summed E-state index contributed by atoms with van der Waals surface area (Å²) in [7, 11) is 0. The van der Waals surface area contributed by atoms with E-state index in [-0.39, 0.29) is 53.4 Å². The molecular formula is C26H20BrNO5. The first kappa shape index (κ1) is 20.5. The van der Waals surface area contributed by atoms with Crippen LogP contribution in [0.5, 0.6) is 0 Å². The molecule has 6 atom stereocenters. The number of hydrogen-bond donors (Lipinski definition) is 0. The number of halogens is 1. The fourth-order valence-electron chi connectivity index (χ4n) is 5.89. The number of anilines is 1. The number of esters is 1. The summed E-state index contributed by atoms with van der Waals surface area (Å²) in [4.78, 5) is 52.3. The number of ether oxygens (including phenoxy) is 1. The lowest BCUT2D eigenvalue weighted by molar-refractivity contribution is -0.124. The molecule has 0 spiro atoms. The molecule has 0 radical (unpaired) electrons. The van der Waals surface area contributed by atoms with E-state index in [1.54, 1.807) is 36.4 Å². The second kappa shape index (κ2) is 7.48. The van der Waals surface area contributed by atoms with Crippen LogP contribution in [0.25, 0.3) is 0 Å². The van der Waals surface area contributed by atoms with Gasteiger partial charge in [-0.2, -0.15) is 0 Å². The summed E-state index contributed by atoms with van der Waals surface area (Å²) >= 11 is 3.31. The van der Waals surface area contributed by atoms with Crippen molar-refractivity contribution < 1.29 is 23.9 Å². The summed E-state index contributed by atoms with van der Waals surface area (Å²) in [6.45, 7) is -0.368. The largest absolute Gasteiger partial charge is 0.454 e. The summed E-state index contributed by atoms with van der Waals surface area (Å²) in [6.07, 6.45) is 5.41. The van der Waals surface area contributed by atoms with Gasteiger partial charge in [0.25, 0.3) is 0 Å². The number of carbonyl (C=O) groups excluding carboxylic acids is 4. The van der Waals surface area contributed by atoms with E-state index in [2.05, 4.69) is 28.1 Å². The van der Waals surface area contributed by atoms with Gasteiger partial charge in [0.1, 0.15) is 0 Å². The van der Waals surface area contributed by atoms with Gasteiger partial charge >= 0.3 is 5.97 Å². The lowest BCUT2D eigenvalue weighted by Crippen LogP contribution is -2.40. The molecular weight excluding hydrogens is 486 g/mol. The quantitative estimate of drug-likeness (QED) is 0.265. The molecule has 1 aliphatic heterocycles. The van der Waals surface area contributed by atoms with Crippen LogP contribution in [0.1, 0.15) is 27.1 Å². The molecule has 2 saturated carbocycles. The summed E-state index contributed by atoms with van der Waals surface area (Å²) in [6, 6.07) is 13.0. The van der Waals surface area contributed by atoms with Gasteiger partial charge in [0, 0.05) is 10.0 Å². The Hall–Kier alpha value is -3.06. The maximum Gasteiger partial charge on any atom is 0.338 e. The Morgan fingerprint density at radius 3 is 1.97 bits per heavy atom. The topological polar surface area (TPSA) is 80.8 Å². The van der Waals surface area contributed by atoms with E-state index < -0.39 is 5.97 Å². The molecule has 2 bridgehead atoms. The van der Waals surface area contributed by atoms with Crippen LogP contribution in [0.15, 0.2) is 65.2 Å². The number of ketones is 1. The molecule has 0 unspecified atom stereocenters. The van der Waals surface area contributed by atoms with Gasteiger partial charge in [0.15, 0.2) is 12.4 Å². The monoisotopic (exact) mass is 505 g/mol. The van der Waals surface area contributed by atoms with E-state index in [4.69, 9.17) is 4.74 Å². The number of Topliss-reactive ketones (excluding diaryl/α,β-unsaturated/α-hetero) is 1. The van der Waals surface area contributed by atoms with Crippen molar-refractivity contribution in [3.8, 4) is 0 Å². The first-order valence-corrected chi connectivity index (χ1v) is 11.9. The molecule has 1 heterocycles. The number of carbonyl (C=O) groups is 4. The minimum absolute atomic E-state index is 0.134.